The minimum atomic E-state index is -4.86. The second-order valence-electron chi connectivity index (χ2n) is 6.18. The van der Waals surface area contributed by atoms with Crippen molar-refractivity contribution in [2.75, 3.05) is 0 Å². The monoisotopic (exact) mass is 374 g/mol. The summed E-state index contributed by atoms with van der Waals surface area (Å²) in [4.78, 5) is 12.7. The first-order chi connectivity index (χ1) is 11.8. The average Bonchev–Trinajstić information content (AvgIpc) is 2.49. The molecule has 0 unspecified atom stereocenters. The van der Waals surface area contributed by atoms with Crippen LogP contribution in [0.1, 0.15) is 49.3 Å². The SMILES string of the molecule is Cc1ccc(C(=O)c2ccc(C)c(C)c2C(F)(F)F)c(C(F)(F)F)c1C. The van der Waals surface area contributed by atoms with E-state index in [1.807, 2.05) is 0 Å². The molecule has 0 aliphatic carbocycles. The van der Waals surface area contributed by atoms with E-state index in [0.29, 0.717) is 11.1 Å². The fraction of sp³-hybridized carbons (Fsp3) is 0.316. The molecule has 0 fully saturated rings. The van der Waals surface area contributed by atoms with Gasteiger partial charge in [-0.1, -0.05) is 24.3 Å². The van der Waals surface area contributed by atoms with Crippen molar-refractivity contribution in [2.45, 2.75) is 40.0 Å². The molecule has 0 N–H and O–H groups in total. The van der Waals surface area contributed by atoms with Crippen LogP contribution in [-0.2, 0) is 12.4 Å². The Morgan fingerprint density at radius 1 is 0.654 bits per heavy atom. The van der Waals surface area contributed by atoms with Crippen molar-refractivity contribution >= 4 is 5.78 Å². The van der Waals surface area contributed by atoms with Gasteiger partial charge in [0.15, 0.2) is 5.78 Å². The molecule has 140 valence electrons. The highest BCUT2D eigenvalue weighted by molar-refractivity contribution is 6.11. The van der Waals surface area contributed by atoms with Gasteiger partial charge >= 0.3 is 12.4 Å². The predicted molar refractivity (Wildman–Crippen MR) is 85.3 cm³/mol. The molecule has 0 saturated carbocycles. The maximum Gasteiger partial charge on any atom is 0.417 e. The molecule has 2 rings (SSSR count). The van der Waals surface area contributed by atoms with Crippen molar-refractivity contribution in [3.05, 3.63) is 68.8 Å². The van der Waals surface area contributed by atoms with Gasteiger partial charge < -0.3 is 0 Å². The second kappa shape index (κ2) is 6.45. The zero-order valence-electron chi connectivity index (χ0n) is 14.5. The number of carbonyl (C=O) groups is 1. The standard InChI is InChI=1S/C19H16F6O/c1-9-5-7-13(15(11(9)3)18(20,21)22)17(26)14-8-6-10(2)12(4)16(14)19(23,24)25/h5-8H,1-4H3. The van der Waals surface area contributed by atoms with Crippen LogP contribution in [0.25, 0.3) is 0 Å². The molecular weight excluding hydrogens is 358 g/mol. The number of carbonyl (C=O) groups excluding carboxylic acids is 1. The highest BCUT2D eigenvalue weighted by Crippen LogP contribution is 2.40. The number of alkyl halides is 6. The van der Waals surface area contributed by atoms with Gasteiger partial charge in [-0.2, -0.15) is 26.3 Å². The molecule has 0 heterocycles. The summed E-state index contributed by atoms with van der Waals surface area (Å²) in [5, 5.41) is 0. The van der Waals surface area contributed by atoms with Crippen LogP contribution in [0.4, 0.5) is 26.3 Å². The molecule has 0 aromatic heterocycles. The van der Waals surface area contributed by atoms with Crippen molar-refractivity contribution in [3.63, 3.8) is 0 Å². The van der Waals surface area contributed by atoms with Gasteiger partial charge in [-0.05, 0) is 49.9 Å². The van der Waals surface area contributed by atoms with E-state index >= 15 is 0 Å². The number of aryl methyl sites for hydroxylation is 2. The molecule has 1 nitrogen and oxygen atoms in total. The zero-order chi connectivity index (χ0) is 20.0. The molecule has 0 aliphatic rings. The van der Waals surface area contributed by atoms with Crippen LogP contribution in [-0.4, -0.2) is 5.78 Å². The molecule has 0 radical (unpaired) electrons. The van der Waals surface area contributed by atoms with E-state index in [9.17, 15) is 31.1 Å². The fourth-order valence-electron chi connectivity index (χ4n) is 2.89. The Hall–Kier alpha value is -2.31. The van der Waals surface area contributed by atoms with Crippen LogP contribution < -0.4 is 0 Å². The van der Waals surface area contributed by atoms with Crippen molar-refractivity contribution in [3.8, 4) is 0 Å². The molecule has 0 bridgehead atoms. The van der Waals surface area contributed by atoms with E-state index in [2.05, 4.69) is 0 Å². The quantitative estimate of drug-likeness (QED) is 0.453. The van der Waals surface area contributed by atoms with E-state index in [-0.39, 0.29) is 11.1 Å². The summed E-state index contributed by atoms with van der Waals surface area (Å²) in [6.07, 6.45) is -9.72. The number of halogens is 6. The van der Waals surface area contributed by atoms with E-state index < -0.39 is 40.4 Å². The summed E-state index contributed by atoms with van der Waals surface area (Å²) in [6, 6.07) is 4.46. The maximum absolute atomic E-state index is 13.5. The molecule has 0 saturated heterocycles. The van der Waals surface area contributed by atoms with Gasteiger partial charge in [0.1, 0.15) is 0 Å². The second-order valence-corrected chi connectivity index (χ2v) is 6.18. The summed E-state index contributed by atoms with van der Waals surface area (Å²) in [7, 11) is 0. The lowest BCUT2D eigenvalue weighted by Gasteiger charge is -2.20. The largest absolute Gasteiger partial charge is 0.417 e. The lowest BCUT2D eigenvalue weighted by Crippen LogP contribution is -2.20. The highest BCUT2D eigenvalue weighted by Gasteiger charge is 2.41. The predicted octanol–water partition coefficient (Wildman–Crippen LogP) is 6.19. The van der Waals surface area contributed by atoms with E-state index in [1.165, 1.54) is 39.8 Å². The summed E-state index contributed by atoms with van der Waals surface area (Å²) in [5.41, 5.74) is -3.73. The van der Waals surface area contributed by atoms with Crippen LogP contribution in [0.3, 0.4) is 0 Å². The molecule has 7 heteroatoms. The Kier molecular flexibility index (Phi) is 4.96. The zero-order valence-corrected chi connectivity index (χ0v) is 14.5. The third-order valence-corrected chi connectivity index (χ3v) is 4.53. The molecule has 26 heavy (non-hydrogen) atoms. The van der Waals surface area contributed by atoms with E-state index in [1.54, 1.807) is 0 Å². The van der Waals surface area contributed by atoms with E-state index in [0.717, 1.165) is 12.1 Å². The molecule has 0 atom stereocenters. The smallest absolute Gasteiger partial charge is 0.289 e. The Balaban J connectivity index is 2.81. The maximum atomic E-state index is 13.5. The third-order valence-electron chi connectivity index (χ3n) is 4.53. The van der Waals surface area contributed by atoms with Gasteiger partial charge in [-0.3, -0.25) is 4.79 Å². The molecular formula is C19H16F6O. The van der Waals surface area contributed by atoms with Crippen LogP contribution in [0, 0.1) is 27.7 Å². The minimum Gasteiger partial charge on any atom is -0.289 e. The molecule has 0 amide bonds. The third kappa shape index (κ3) is 3.48. The van der Waals surface area contributed by atoms with Gasteiger partial charge in [0.05, 0.1) is 11.1 Å². The molecule has 2 aromatic rings. The summed E-state index contributed by atoms with van der Waals surface area (Å²) < 4.78 is 80.8. The van der Waals surface area contributed by atoms with Gasteiger partial charge in [-0.25, -0.2) is 0 Å². The summed E-state index contributed by atoms with van der Waals surface area (Å²) >= 11 is 0. The van der Waals surface area contributed by atoms with Crippen molar-refractivity contribution in [1.29, 1.82) is 0 Å². The normalized spacial score (nSPS) is 12.4. The highest BCUT2D eigenvalue weighted by atomic mass is 19.4. The van der Waals surface area contributed by atoms with Crippen LogP contribution in [0.5, 0.6) is 0 Å². The lowest BCUT2D eigenvalue weighted by atomic mass is 9.88. The van der Waals surface area contributed by atoms with Gasteiger partial charge in [0.2, 0.25) is 0 Å². The number of hydrogen-bond acceptors (Lipinski definition) is 1. The van der Waals surface area contributed by atoms with Gasteiger partial charge in [0, 0.05) is 11.1 Å². The molecule has 2 aromatic carbocycles. The van der Waals surface area contributed by atoms with Crippen molar-refractivity contribution in [2.24, 2.45) is 0 Å². The molecule has 0 spiro atoms. The first-order valence-corrected chi connectivity index (χ1v) is 7.66. The topological polar surface area (TPSA) is 17.1 Å². The number of ketones is 1. The Labute approximate surface area is 146 Å². The summed E-state index contributed by atoms with van der Waals surface area (Å²) in [5.74, 6) is -1.30. The number of hydrogen-bond donors (Lipinski definition) is 0. The summed E-state index contributed by atoms with van der Waals surface area (Å²) in [6.45, 7) is 5.27. The van der Waals surface area contributed by atoms with Crippen LogP contribution in [0.15, 0.2) is 24.3 Å². The van der Waals surface area contributed by atoms with Crippen LogP contribution in [0.2, 0.25) is 0 Å². The van der Waals surface area contributed by atoms with Gasteiger partial charge in [0.25, 0.3) is 0 Å². The van der Waals surface area contributed by atoms with E-state index in [4.69, 9.17) is 0 Å². The van der Waals surface area contributed by atoms with Crippen LogP contribution >= 0.6 is 0 Å². The Bertz CT molecular complexity index is 804. The minimum absolute atomic E-state index is 0.180. The molecule has 0 aliphatic heterocycles. The Morgan fingerprint density at radius 3 is 1.23 bits per heavy atom. The average molecular weight is 374 g/mol. The first kappa shape index (κ1) is 20.0. The van der Waals surface area contributed by atoms with Crippen molar-refractivity contribution in [1.82, 2.24) is 0 Å². The fourth-order valence-corrected chi connectivity index (χ4v) is 2.89. The lowest BCUT2D eigenvalue weighted by molar-refractivity contribution is -0.138. The number of benzene rings is 2. The number of rotatable bonds is 2. The Morgan fingerprint density at radius 2 is 0.962 bits per heavy atom. The van der Waals surface area contributed by atoms with Gasteiger partial charge in [-0.15, -0.1) is 0 Å². The van der Waals surface area contributed by atoms with Crippen molar-refractivity contribution < 1.29 is 31.1 Å². The first-order valence-electron chi connectivity index (χ1n) is 7.66.